The average Bonchev–Trinajstić information content (AvgIpc) is 3.29. The molecule has 5 rings (SSSR count). The van der Waals surface area contributed by atoms with Crippen LogP contribution in [0.1, 0.15) is 39.8 Å². The highest BCUT2D eigenvalue weighted by Crippen LogP contribution is 2.34. The second kappa shape index (κ2) is 7.55. The van der Waals surface area contributed by atoms with Gasteiger partial charge in [0, 0.05) is 50.6 Å². The zero-order chi connectivity index (χ0) is 20.7. The predicted molar refractivity (Wildman–Crippen MR) is 112 cm³/mol. The summed E-state index contributed by atoms with van der Waals surface area (Å²) in [6.45, 7) is 5.04. The minimum absolute atomic E-state index is 0.0254. The lowest BCUT2D eigenvalue weighted by atomic mass is 9.84. The summed E-state index contributed by atoms with van der Waals surface area (Å²) < 4.78 is 18.7. The van der Waals surface area contributed by atoms with Crippen LogP contribution in [0.25, 0.3) is 0 Å². The highest BCUT2D eigenvalue weighted by atomic mass is 19.1. The molecule has 0 saturated carbocycles. The molecule has 1 aliphatic carbocycles. The molecular formula is C23H23FN4O2. The fraction of sp³-hybridized carbons (Fsp3) is 0.348. The molecule has 2 aliphatic rings. The molecule has 1 atom stereocenters. The zero-order valence-electron chi connectivity index (χ0n) is 16.8. The summed E-state index contributed by atoms with van der Waals surface area (Å²) >= 11 is 0. The molecule has 1 aliphatic heterocycles. The number of anilines is 2. The van der Waals surface area contributed by atoms with Crippen LogP contribution in [0, 0.1) is 12.7 Å². The van der Waals surface area contributed by atoms with E-state index in [0.717, 1.165) is 49.0 Å². The van der Waals surface area contributed by atoms with E-state index in [0.29, 0.717) is 24.4 Å². The molecule has 0 radical (unpaired) electrons. The largest absolute Gasteiger partial charge is 0.469 e. The molecule has 7 heteroatoms. The molecule has 2 aromatic heterocycles. The highest BCUT2D eigenvalue weighted by Gasteiger charge is 2.32. The number of rotatable bonds is 3. The Bertz CT molecular complexity index is 1060. The van der Waals surface area contributed by atoms with E-state index >= 15 is 0 Å². The van der Waals surface area contributed by atoms with Gasteiger partial charge in [-0.05, 0) is 43.3 Å². The van der Waals surface area contributed by atoms with Crippen molar-refractivity contribution in [1.29, 1.82) is 0 Å². The van der Waals surface area contributed by atoms with Gasteiger partial charge in [0.2, 0.25) is 5.95 Å². The Morgan fingerprint density at radius 1 is 1.00 bits per heavy atom. The Hall–Kier alpha value is -3.22. The number of aromatic nitrogens is 2. The van der Waals surface area contributed by atoms with Gasteiger partial charge in [-0.2, -0.15) is 0 Å². The third-order valence-corrected chi connectivity index (χ3v) is 6.00. The number of hydrogen-bond acceptors (Lipinski definition) is 6. The second-order valence-electron chi connectivity index (χ2n) is 7.92. The molecule has 1 saturated heterocycles. The molecular weight excluding hydrogens is 383 g/mol. The maximum atomic E-state index is 13.2. The second-order valence-corrected chi connectivity index (χ2v) is 7.92. The molecule has 0 spiro atoms. The molecule has 6 nitrogen and oxygen atoms in total. The number of halogens is 1. The third kappa shape index (κ3) is 3.44. The first-order chi connectivity index (χ1) is 14.6. The van der Waals surface area contributed by atoms with E-state index in [1.165, 1.54) is 12.1 Å². The van der Waals surface area contributed by atoms with Gasteiger partial charge in [0.1, 0.15) is 11.6 Å². The monoisotopic (exact) mass is 406 g/mol. The summed E-state index contributed by atoms with van der Waals surface area (Å²) in [4.78, 5) is 26.6. The van der Waals surface area contributed by atoms with Gasteiger partial charge >= 0.3 is 0 Å². The fourth-order valence-electron chi connectivity index (χ4n) is 4.44. The van der Waals surface area contributed by atoms with Crippen molar-refractivity contribution in [3.63, 3.8) is 0 Å². The lowest BCUT2D eigenvalue weighted by Gasteiger charge is -2.36. The van der Waals surface area contributed by atoms with Gasteiger partial charge < -0.3 is 14.2 Å². The number of ketones is 1. The van der Waals surface area contributed by atoms with Gasteiger partial charge in [-0.1, -0.05) is 0 Å². The van der Waals surface area contributed by atoms with E-state index in [1.807, 2.05) is 31.2 Å². The maximum absolute atomic E-state index is 13.2. The Morgan fingerprint density at radius 2 is 1.73 bits per heavy atom. The van der Waals surface area contributed by atoms with Gasteiger partial charge in [-0.3, -0.25) is 4.79 Å². The predicted octanol–water partition coefficient (Wildman–Crippen LogP) is 3.76. The molecule has 1 unspecified atom stereocenters. The lowest BCUT2D eigenvalue weighted by molar-refractivity contribution is 0.0958. The van der Waals surface area contributed by atoms with Crippen LogP contribution in [0.2, 0.25) is 0 Å². The van der Waals surface area contributed by atoms with Crippen LogP contribution in [0.5, 0.6) is 0 Å². The van der Waals surface area contributed by atoms with Crippen molar-refractivity contribution in [2.24, 2.45) is 0 Å². The molecule has 154 valence electrons. The standard InChI is InChI=1S/C23H23FN4O2/c1-15-22-19(13-16(14-20(22)29)21-3-2-12-30-21)26-23(25-15)28-10-8-27(9-11-28)18-6-4-17(24)5-7-18/h2-7,12,16H,8-11,13-14H2,1H3. The van der Waals surface area contributed by atoms with Gasteiger partial charge in [0.05, 0.1) is 23.2 Å². The summed E-state index contributed by atoms with van der Waals surface area (Å²) in [5.41, 5.74) is 3.26. The number of fused-ring (bicyclic) bond motifs is 1. The fourth-order valence-corrected chi connectivity index (χ4v) is 4.44. The summed E-state index contributed by atoms with van der Waals surface area (Å²) in [5, 5.41) is 0. The van der Waals surface area contributed by atoms with Crippen LogP contribution in [0.3, 0.4) is 0 Å². The summed E-state index contributed by atoms with van der Waals surface area (Å²) in [6, 6.07) is 10.4. The van der Waals surface area contributed by atoms with Crippen LogP contribution in [0.15, 0.2) is 47.1 Å². The number of benzene rings is 1. The summed E-state index contributed by atoms with van der Waals surface area (Å²) in [7, 11) is 0. The Morgan fingerprint density at radius 3 is 2.43 bits per heavy atom. The van der Waals surface area contributed by atoms with E-state index in [1.54, 1.807) is 6.26 Å². The van der Waals surface area contributed by atoms with Gasteiger partial charge in [-0.25, -0.2) is 14.4 Å². The van der Waals surface area contributed by atoms with Gasteiger partial charge in [0.15, 0.2) is 5.78 Å². The number of carbonyl (C=O) groups is 1. The van der Waals surface area contributed by atoms with Crippen LogP contribution in [0.4, 0.5) is 16.0 Å². The first-order valence-corrected chi connectivity index (χ1v) is 10.3. The summed E-state index contributed by atoms with van der Waals surface area (Å²) in [6.07, 6.45) is 2.76. The highest BCUT2D eigenvalue weighted by molar-refractivity contribution is 5.99. The number of carbonyl (C=O) groups excluding carboxylic acids is 1. The van der Waals surface area contributed by atoms with Crippen molar-refractivity contribution in [2.45, 2.75) is 25.7 Å². The van der Waals surface area contributed by atoms with Crippen molar-refractivity contribution in [3.8, 4) is 0 Å². The molecule has 30 heavy (non-hydrogen) atoms. The summed E-state index contributed by atoms with van der Waals surface area (Å²) in [5.74, 6) is 1.40. The molecule has 3 heterocycles. The quantitative estimate of drug-likeness (QED) is 0.660. The number of piperazine rings is 1. The topological polar surface area (TPSA) is 62.5 Å². The molecule has 0 amide bonds. The normalized spacial score (nSPS) is 19.1. The number of nitrogens with zero attached hydrogens (tertiary/aromatic N) is 4. The van der Waals surface area contributed by atoms with E-state index in [9.17, 15) is 9.18 Å². The molecule has 1 fully saturated rings. The van der Waals surface area contributed by atoms with E-state index < -0.39 is 0 Å². The zero-order valence-corrected chi connectivity index (χ0v) is 16.8. The first-order valence-electron chi connectivity index (χ1n) is 10.3. The van der Waals surface area contributed by atoms with E-state index in [-0.39, 0.29) is 17.5 Å². The van der Waals surface area contributed by atoms with Gasteiger partial charge in [0.25, 0.3) is 0 Å². The average molecular weight is 406 g/mol. The van der Waals surface area contributed by atoms with Crippen molar-refractivity contribution < 1.29 is 13.6 Å². The molecule has 3 aromatic rings. The number of Topliss-reactive ketones (excluding diaryl/α,β-unsaturated/α-hetero) is 1. The minimum atomic E-state index is -0.224. The molecule has 0 N–H and O–H groups in total. The third-order valence-electron chi connectivity index (χ3n) is 6.00. The Labute approximate surface area is 174 Å². The van der Waals surface area contributed by atoms with E-state index in [4.69, 9.17) is 9.40 Å². The lowest BCUT2D eigenvalue weighted by Crippen LogP contribution is -2.47. The number of aryl methyl sites for hydroxylation is 1. The number of furan rings is 1. The van der Waals surface area contributed by atoms with Crippen molar-refractivity contribution in [1.82, 2.24) is 9.97 Å². The molecule has 1 aromatic carbocycles. The minimum Gasteiger partial charge on any atom is -0.469 e. The SMILES string of the molecule is Cc1nc(N2CCN(c3ccc(F)cc3)CC2)nc2c1C(=O)CC(c1ccco1)C2. The van der Waals surface area contributed by atoms with Crippen molar-refractivity contribution in [3.05, 3.63) is 71.2 Å². The van der Waals surface area contributed by atoms with E-state index in [2.05, 4.69) is 14.8 Å². The van der Waals surface area contributed by atoms with Crippen molar-refractivity contribution >= 4 is 17.4 Å². The van der Waals surface area contributed by atoms with Crippen LogP contribution >= 0.6 is 0 Å². The van der Waals surface area contributed by atoms with Crippen LogP contribution in [-0.4, -0.2) is 41.9 Å². The molecule has 0 bridgehead atoms. The van der Waals surface area contributed by atoms with Crippen molar-refractivity contribution in [2.75, 3.05) is 36.0 Å². The smallest absolute Gasteiger partial charge is 0.225 e. The van der Waals surface area contributed by atoms with Crippen LogP contribution in [-0.2, 0) is 6.42 Å². The number of hydrogen-bond donors (Lipinski definition) is 0. The maximum Gasteiger partial charge on any atom is 0.225 e. The van der Waals surface area contributed by atoms with Crippen LogP contribution < -0.4 is 9.80 Å². The Kier molecular flexibility index (Phi) is 4.73. The van der Waals surface area contributed by atoms with Gasteiger partial charge in [-0.15, -0.1) is 0 Å². The first kappa shape index (κ1) is 18.8. The Balaban J connectivity index is 1.35.